The van der Waals surface area contributed by atoms with Gasteiger partial charge in [-0.05, 0) is 50.9 Å². The minimum atomic E-state index is 0. The predicted octanol–water partition coefficient (Wildman–Crippen LogP) is 2.89. The van der Waals surface area contributed by atoms with E-state index in [-0.39, 0.29) is 30.7 Å². The first kappa shape index (κ1) is 23.2. The van der Waals surface area contributed by atoms with Crippen molar-refractivity contribution in [2.75, 3.05) is 18.0 Å². The Kier molecular flexibility index (Phi) is 8.78. The summed E-state index contributed by atoms with van der Waals surface area (Å²) in [5.41, 5.74) is 1.08. The van der Waals surface area contributed by atoms with Crippen LogP contribution in [0.1, 0.15) is 57.6 Å². The van der Waals surface area contributed by atoms with Crippen LogP contribution < -0.4 is 15.5 Å². The maximum atomic E-state index is 12.5. The molecule has 2 atom stereocenters. The number of piperidine rings is 2. The fraction of sp³-hybridized carbons (Fsp3) is 0.750. The summed E-state index contributed by atoms with van der Waals surface area (Å²) in [6, 6.07) is 3.72. The van der Waals surface area contributed by atoms with Crippen LogP contribution in [0.3, 0.4) is 0 Å². The van der Waals surface area contributed by atoms with Crippen molar-refractivity contribution in [3.05, 3.63) is 18.1 Å². The molecule has 3 fully saturated rings. The standard InChI is InChI=1S/C20H31N5O.2ClH/c1-2-15-12-19(22-13-21-15)25-7-5-16(6-8-25)24-20(26)11-14-9-17-3-4-18(10-14)23-17;;/h12-14,16-18,23H,2-11H2,1H3,(H,24,26);2*1H. The van der Waals surface area contributed by atoms with Crippen molar-refractivity contribution in [1.29, 1.82) is 0 Å². The lowest BCUT2D eigenvalue weighted by molar-refractivity contribution is -0.123. The average molecular weight is 430 g/mol. The number of amides is 1. The molecule has 0 radical (unpaired) electrons. The average Bonchev–Trinajstić information content (AvgIpc) is 3.00. The van der Waals surface area contributed by atoms with Gasteiger partial charge in [0.1, 0.15) is 12.1 Å². The molecule has 1 aromatic heterocycles. The van der Waals surface area contributed by atoms with Crippen LogP contribution in [0.4, 0.5) is 5.82 Å². The number of rotatable bonds is 5. The Labute approximate surface area is 180 Å². The lowest BCUT2D eigenvalue weighted by Crippen LogP contribution is -2.46. The molecule has 0 aliphatic carbocycles. The number of hydrogen-bond acceptors (Lipinski definition) is 5. The SMILES string of the molecule is CCc1cc(N2CCC(NC(=O)CC3CC4CCC(C3)N4)CC2)ncn1.Cl.Cl. The quantitative estimate of drug-likeness (QED) is 0.752. The number of hydrogen-bond donors (Lipinski definition) is 2. The van der Waals surface area contributed by atoms with Gasteiger partial charge >= 0.3 is 0 Å². The molecule has 4 heterocycles. The lowest BCUT2D eigenvalue weighted by atomic mass is 9.89. The molecule has 3 aliphatic heterocycles. The van der Waals surface area contributed by atoms with Crippen LogP contribution in [0, 0.1) is 5.92 Å². The van der Waals surface area contributed by atoms with E-state index < -0.39 is 0 Å². The number of fused-ring (bicyclic) bond motifs is 2. The molecular formula is C20H33Cl2N5O. The van der Waals surface area contributed by atoms with E-state index in [1.165, 1.54) is 25.7 Å². The third-order valence-electron chi connectivity index (χ3n) is 6.30. The molecule has 4 rings (SSSR count). The largest absolute Gasteiger partial charge is 0.356 e. The molecule has 1 aromatic rings. The molecule has 8 heteroatoms. The summed E-state index contributed by atoms with van der Waals surface area (Å²) in [4.78, 5) is 23.5. The second kappa shape index (κ2) is 10.6. The summed E-state index contributed by atoms with van der Waals surface area (Å²) in [6.45, 7) is 4.01. The van der Waals surface area contributed by atoms with Crippen LogP contribution in [-0.2, 0) is 11.2 Å². The minimum absolute atomic E-state index is 0. The monoisotopic (exact) mass is 429 g/mol. The molecule has 0 spiro atoms. The summed E-state index contributed by atoms with van der Waals surface area (Å²) in [7, 11) is 0. The van der Waals surface area contributed by atoms with Gasteiger partial charge in [0, 0.05) is 49.4 Å². The first-order chi connectivity index (χ1) is 12.7. The zero-order chi connectivity index (χ0) is 17.9. The van der Waals surface area contributed by atoms with Gasteiger partial charge in [-0.1, -0.05) is 6.92 Å². The molecule has 0 aromatic carbocycles. The van der Waals surface area contributed by atoms with Crippen molar-refractivity contribution >= 4 is 36.5 Å². The molecular weight excluding hydrogens is 397 g/mol. The van der Waals surface area contributed by atoms with Gasteiger partial charge in [0.25, 0.3) is 0 Å². The molecule has 2 N–H and O–H groups in total. The van der Waals surface area contributed by atoms with Gasteiger partial charge in [-0.3, -0.25) is 4.79 Å². The van der Waals surface area contributed by atoms with Gasteiger partial charge in [0.2, 0.25) is 5.91 Å². The van der Waals surface area contributed by atoms with E-state index in [2.05, 4.69) is 38.5 Å². The van der Waals surface area contributed by atoms with Crippen molar-refractivity contribution in [2.45, 2.75) is 76.4 Å². The lowest BCUT2D eigenvalue weighted by Gasteiger charge is -2.34. The van der Waals surface area contributed by atoms with Crippen LogP contribution in [0.25, 0.3) is 0 Å². The highest BCUT2D eigenvalue weighted by Crippen LogP contribution is 2.32. The minimum Gasteiger partial charge on any atom is -0.356 e. The Morgan fingerprint density at radius 1 is 1.14 bits per heavy atom. The van der Waals surface area contributed by atoms with Gasteiger partial charge in [-0.2, -0.15) is 0 Å². The van der Waals surface area contributed by atoms with Crippen molar-refractivity contribution in [1.82, 2.24) is 20.6 Å². The summed E-state index contributed by atoms with van der Waals surface area (Å²) in [5.74, 6) is 1.85. The van der Waals surface area contributed by atoms with Gasteiger partial charge in [0.15, 0.2) is 0 Å². The van der Waals surface area contributed by atoms with Crippen LogP contribution in [-0.4, -0.2) is 47.1 Å². The van der Waals surface area contributed by atoms with E-state index in [0.717, 1.165) is 43.9 Å². The van der Waals surface area contributed by atoms with E-state index in [1.54, 1.807) is 6.33 Å². The van der Waals surface area contributed by atoms with E-state index in [4.69, 9.17) is 0 Å². The van der Waals surface area contributed by atoms with E-state index in [9.17, 15) is 4.79 Å². The molecule has 2 bridgehead atoms. The Morgan fingerprint density at radius 2 is 1.82 bits per heavy atom. The van der Waals surface area contributed by atoms with E-state index >= 15 is 0 Å². The smallest absolute Gasteiger partial charge is 0.220 e. The maximum absolute atomic E-state index is 12.5. The molecule has 28 heavy (non-hydrogen) atoms. The second-order valence-electron chi connectivity index (χ2n) is 8.23. The topological polar surface area (TPSA) is 70.2 Å². The summed E-state index contributed by atoms with van der Waals surface area (Å²) in [5, 5.41) is 6.95. The van der Waals surface area contributed by atoms with Gasteiger partial charge in [-0.25, -0.2) is 9.97 Å². The second-order valence-corrected chi connectivity index (χ2v) is 8.23. The van der Waals surface area contributed by atoms with Crippen molar-refractivity contribution in [3.8, 4) is 0 Å². The van der Waals surface area contributed by atoms with Crippen molar-refractivity contribution in [2.24, 2.45) is 5.92 Å². The highest BCUT2D eigenvalue weighted by molar-refractivity contribution is 5.85. The van der Waals surface area contributed by atoms with Gasteiger partial charge in [-0.15, -0.1) is 24.8 Å². The predicted molar refractivity (Wildman–Crippen MR) is 117 cm³/mol. The first-order valence-electron chi connectivity index (χ1n) is 10.3. The third-order valence-corrected chi connectivity index (χ3v) is 6.30. The summed E-state index contributed by atoms with van der Waals surface area (Å²) < 4.78 is 0. The van der Waals surface area contributed by atoms with Crippen LogP contribution in [0.2, 0.25) is 0 Å². The number of nitrogens with one attached hydrogen (secondary N) is 2. The molecule has 3 aliphatic rings. The number of anilines is 1. The van der Waals surface area contributed by atoms with E-state index in [1.807, 2.05) is 0 Å². The first-order valence-corrected chi connectivity index (χ1v) is 10.3. The van der Waals surface area contributed by atoms with Crippen molar-refractivity contribution < 1.29 is 4.79 Å². The molecule has 158 valence electrons. The number of carbonyl (C=O) groups is 1. The number of halogens is 2. The summed E-state index contributed by atoms with van der Waals surface area (Å²) >= 11 is 0. The normalized spacial score (nSPS) is 26.9. The fourth-order valence-electron chi connectivity index (χ4n) is 4.90. The molecule has 6 nitrogen and oxygen atoms in total. The van der Waals surface area contributed by atoms with Gasteiger partial charge in [0.05, 0.1) is 0 Å². The zero-order valence-corrected chi connectivity index (χ0v) is 18.2. The number of nitrogens with zero attached hydrogens (tertiary/aromatic N) is 3. The van der Waals surface area contributed by atoms with Crippen LogP contribution >= 0.6 is 24.8 Å². The highest BCUT2D eigenvalue weighted by Gasteiger charge is 2.34. The Balaban J connectivity index is 0.00000140. The van der Waals surface area contributed by atoms with Crippen LogP contribution in [0.15, 0.2) is 12.4 Å². The summed E-state index contributed by atoms with van der Waals surface area (Å²) in [6.07, 6.45) is 10.2. The molecule has 0 saturated carbocycles. The van der Waals surface area contributed by atoms with Crippen LogP contribution in [0.5, 0.6) is 0 Å². The van der Waals surface area contributed by atoms with Gasteiger partial charge < -0.3 is 15.5 Å². The van der Waals surface area contributed by atoms with Crippen molar-refractivity contribution in [3.63, 3.8) is 0 Å². The Hall–Kier alpha value is -1.11. The molecule has 3 saturated heterocycles. The zero-order valence-electron chi connectivity index (χ0n) is 16.6. The Morgan fingerprint density at radius 3 is 2.46 bits per heavy atom. The fourth-order valence-corrected chi connectivity index (χ4v) is 4.90. The number of aromatic nitrogens is 2. The number of carbonyl (C=O) groups excluding carboxylic acids is 1. The molecule has 2 unspecified atom stereocenters. The maximum Gasteiger partial charge on any atom is 0.220 e. The Bertz CT molecular complexity index is 627. The third kappa shape index (κ3) is 5.71. The van der Waals surface area contributed by atoms with E-state index in [0.29, 0.717) is 30.5 Å². The highest BCUT2D eigenvalue weighted by atomic mass is 35.5. The molecule has 1 amide bonds. The number of aryl methyl sites for hydroxylation is 1.